The Bertz CT molecular complexity index is 650. The van der Waals surface area contributed by atoms with Crippen LogP contribution in [0, 0.1) is 11.3 Å². The van der Waals surface area contributed by atoms with Gasteiger partial charge in [0.05, 0.1) is 35.8 Å². The number of anilines is 3. The van der Waals surface area contributed by atoms with E-state index in [0.29, 0.717) is 17.0 Å². The van der Waals surface area contributed by atoms with E-state index in [4.69, 9.17) is 15.7 Å². The fourth-order valence-electron chi connectivity index (χ4n) is 1.66. The van der Waals surface area contributed by atoms with Crippen LogP contribution in [-0.2, 0) is 0 Å². The molecule has 19 heavy (non-hydrogen) atoms. The van der Waals surface area contributed by atoms with Gasteiger partial charge in [-0.15, -0.1) is 0 Å². The molecule has 2 aromatic rings. The Morgan fingerprint density at radius 2 is 2.05 bits per heavy atom. The molecule has 0 heterocycles. The molecule has 2 aromatic carbocycles. The Labute approximate surface area is 119 Å². The van der Waals surface area contributed by atoms with Gasteiger partial charge in [0.1, 0.15) is 5.75 Å². The summed E-state index contributed by atoms with van der Waals surface area (Å²) >= 11 is 3.42. The maximum atomic E-state index is 8.83. The summed E-state index contributed by atoms with van der Waals surface area (Å²) in [6, 6.07) is 12.9. The number of para-hydroxylation sites is 1. The Morgan fingerprint density at radius 1 is 1.26 bits per heavy atom. The fraction of sp³-hybridized carbons (Fsp3) is 0.0714. The lowest BCUT2D eigenvalue weighted by Crippen LogP contribution is -1.99. The summed E-state index contributed by atoms with van der Waals surface area (Å²) in [6.07, 6.45) is 0. The molecule has 0 radical (unpaired) electrons. The topological polar surface area (TPSA) is 71.1 Å². The van der Waals surface area contributed by atoms with Crippen LogP contribution in [-0.4, -0.2) is 7.11 Å². The molecule has 0 atom stereocenters. The third-order valence-electron chi connectivity index (χ3n) is 2.65. The first-order valence-corrected chi connectivity index (χ1v) is 6.34. The lowest BCUT2D eigenvalue weighted by molar-refractivity contribution is 0.417. The zero-order valence-electron chi connectivity index (χ0n) is 10.3. The second-order valence-corrected chi connectivity index (χ2v) is 4.71. The van der Waals surface area contributed by atoms with E-state index in [1.54, 1.807) is 25.3 Å². The van der Waals surface area contributed by atoms with Crippen LogP contribution in [0.1, 0.15) is 5.56 Å². The van der Waals surface area contributed by atoms with Gasteiger partial charge in [0, 0.05) is 4.47 Å². The molecular formula is C14H12BrN3O. The largest absolute Gasteiger partial charge is 0.495 e. The molecule has 5 heteroatoms. The number of ether oxygens (including phenoxy) is 1. The zero-order valence-corrected chi connectivity index (χ0v) is 11.9. The van der Waals surface area contributed by atoms with Gasteiger partial charge in [0.2, 0.25) is 0 Å². The lowest BCUT2D eigenvalue weighted by atomic mass is 10.2. The number of benzene rings is 2. The third kappa shape index (κ3) is 2.80. The second-order valence-electron chi connectivity index (χ2n) is 3.85. The Hall–Kier alpha value is -2.19. The van der Waals surface area contributed by atoms with Gasteiger partial charge in [0.25, 0.3) is 0 Å². The Morgan fingerprint density at radius 3 is 2.68 bits per heavy atom. The van der Waals surface area contributed by atoms with Gasteiger partial charge in [-0.05, 0) is 46.3 Å². The Kier molecular flexibility index (Phi) is 3.93. The zero-order chi connectivity index (χ0) is 13.8. The monoisotopic (exact) mass is 317 g/mol. The van der Waals surface area contributed by atoms with Crippen molar-refractivity contribution in [1.29, 1.82) is 5.26 Å². The van der Waals surface area contributed by atoms with Gasteiger partial charge in [-0.2, -0.15) is 5.26 Å². The first-order chi connectivity index (χ1) is 9.15. The molecule has 0 saturated heterocycles. The number of rotatable bonds is 3. The van der Waals surface area contributed by atoms with Crippen molar-refractivity contribution in [3.05, 3.63) is 46.4 Å². The standard InChI is InChI=1S/C14H12BrN3O/c1-19-13-4-2-3-12(14(13)17)18-11-6-5-9(8-16)7-10(11)15/h2-7,18H,17H2,1H3. The third-order valence-corrected chi connectivity index (χ3v) is 3.31. The van der Waals surface area contributed by atoms with Crippen molar-refractivity contribution in [2.75, 3.05) is 18.2 Å². The minimum absolute atomic E-state index is 0.543. The molecule has 0 aliphatic carbocycles. The van der Waals surface area contributed by atoms with Crippen molar-refractivity contribution in [2.45, 2.75) is 0 Å². The molecule has 0 bridgehead atoms. The quantitative estimate of drug-likeness (QED) is 0.847. The van der Waals surface area contributed by atoms with Crippen LogP contribution in [0.2, 0.25) is 0 Å². The van der Waals surface area contributed by atoms with Crippen molar-refractivity contribution in [2.24, 2.45) is 0 Å². The van der Waals surface area contributed by atoms with E-state index in [1.165, 1.54) is 0 Å². The highest BCUT2D eigenvalue weighted by molar-refractivity contribution is 9.10. The van der Waals surface area contributed by atoms with Crippen LogP contribution in [0.15, 0.2) is 40.9 Å². The number of hydrogen-bond acceptors (Lipinski definition) is 4. The second kappa shape index (κ2) is 5.63. The molecule has 0 aromatic heterocycles. The summed E-state index contributed by atoms with van der Waals surface area (Å²) in [5.74, 6) is 0.620. The molecule has 0 unspecified atom stereocenters. The molecule has 0 fully saturated rings. The first-order valence-electron chi connectivity index (χ1n) is 5.55. The van der Waals surface area contributed by atoms with Gasteiger partial charge in [-0.1, -0.05) is 6.07 Å². The summed E-state index contributed by atoms with van der Waals surface area (Å²) < 4.78 is 5.97. The summed E-state index contributed by atoms with van der Waals surface area (Å²) in [5, 5.41) is 12.0. The molecule has 0 amide bonds. The van der Waals surface area contributed by atoms with Gasteiger partial charge in [-0.3, -0.25) is 0 Å². The van der Waals surface area contributed by atoms with Crippen LogP contribution < -0.4 is 15.8 Å². The molecule has 0 aliphatic rings. The minimum Gasteiger partial charge on any atom is -0.495 e. The molecule has 0 spiro atoms. The van der Waals surface area contributed by atoms with Crippen LogP contribution in [0.25, 0.3) is 0 Å². The molecule has 2 rings (SSSR count). The highest BCUT2D eigenvalue weighted by Crippen LogP contribution is 2.33. The lowest BCUT2D eigenvalue weighted by Gasteiger charge is -2.13. The number of halogens is 1. The summed E-state index contributed by atoms with van der Waals surface area (Å²) in [5.41, 5.74) is 8.72. The fourth-order valence-corrected chi connectivity index (χ4v) is 2.14. The van der Waals surface area contributed by atoms with Crippen LogP contribution in [0.4, 0.5) is 17.1 Å². The van der Waals surface area contributed by atoms with Crippen molar-refractivity contribution in [1.82, 2.24) is 0 Å². The van der Waals surface area contributed by atoms with E-state index in [9.17, 15) is 0 Å². The average molecular weight is 318 g/mol. The van der Waals surface area contributed by atoms with Crippen molar-refractivity contribution < 1.29 is 4.74 Å². The van der Waals surface area contributed by atoms with Crippen LogP contribution in [0.3, 0.4) is 0 Å². The van der Waals surface area contributed by atoms with Crippen molar-refractivity contribution in [3.63, 3.8) is 0 Å². The maximum absolute atomic E-state index is 8.83. The van der Waals surface area contributed by atoms with E-state index in [2.05, 4.69) is 27.3 Å². The van der Waals surface area contributed by atoms with Gasteiger partial charge >= 0.3 is 0 Å². The highest BCUT2D eigenvalue weighted by Gasteiger charge is 2.07. The number of nitrogen functional groups attached to an aromatic ring is 1. The van der Waals surface area contributed by atoms with Gasteiger partial charge < -0.3 is 15.8 Å². The number of nitriles is 1. The van der Waals surface area contributed by atoms with E-state index in [0.717, 1.165) is 15.8 Å². The highest BCUT2D eigenvalue weighted by atomic mass is 79.9. The van der Waals surface area contributed by atoms with Crippen LogP contribution >= 0.6 is 15.9 Å². The minimum atomic E-state index is 0.543. The number of methoxy groups -OCH3 is 1. The predicted molar refractivity (Wildman–Crippen MR) is 79.5 cm³/mol. The molecule has 0 aliphatic heterocycles. The normalized spacial score (nSPS) is 9.74. The van der Waals surface area contributed by atoms with Crippen LogP contribution in [0.5, 0.6) is 5.75 Å². The van der Waals surface area contributed by atoms with E-state index in [1.807, 2.05) is 18.2 Å². The van der Waals surface area contributed by atoms with Gasteiger partial charge in [0.15, 0.2) is 0 Å². The summed E-state index contributed by atoms with van der Waals surface area (Å²) in [7, 11) is 1.58. The predicted octanol–water partition coefficient (Wildman–Crippen LogP) is 3.66. The molecule has 4 nitrogen and oxygen atoms in total. The number of nitrogens with one attached hydrogen (secondary N) is 1. The van der Waals surface area contributed by atoms with Crippen molar-refractivity contribution >= 4 is 33.0 Å². The van der Waals surface area contributed by atoms with E-state index < -0.39 is 0 Å². The number of nitrogens with zero attached hydrogens (tertiary/aromatic N) is 1. The first kappa shape index (κ1) is 13.2. The smallest absolute Gasteiger partial charge is 0.143 e. The van der Waals surface area contributed by atoms with E-state index in [-0.39, 0.29) is 0 Å². The van der Waals surface area contributed by atoms with E-state index >= 15 is 0 Å². The molecule has 0 saturated carbocycles. The van der Waals surface area contributed by atoms with Gasteiger partial charge in [-0.25, -0.2) is 0 Å². The molecule has 3 N–H and O–H groups in total. The Balaban J connectivity index is 2.34. The number of nitrogens with two attached hydrogens (primary N) is 1. The average Bonchev–Trinajstić information content (AvgIpc) is 2.43. The molecule has 96 valence electrons. The van der Waals surface area contributed by atoms with Crippen molar-refractivity contribution in [3.8, 4) is 11.8 Å². The SMILES string of the molecule is COc1cccc(Nc2ccc(C#N)cc2Br)c1N. The number of hydrogen-bond donors (Lipinski definition) is 2. The summed E-state index contributed by atoms with van der Waals surface area (Å²) in [6.45, 7) is 0. The summed E-state index contributed by atoms with van der Waals surface area (Å²) in [4.78, 5) is 0. The molecular weight excluding hydrogens is 306 g/mol. The maximum Gasteiger partial charge on any atom is 0.143 e.